The molecule has 4 atom stereocenters. The summed E-state index contributed by atoms with van der Waals surface area (Å²) in [4.78, 5) is 2.32. The topological polar surface area (TPSA) is 61.8 Å². The molecule has 0 radical (unpaired) electrons. The van der Waals surface area contributed by atoms with E-state index in [1.807, 2.05) is 31.2 Å². The number of halogens is 3. The Morgan fingerprint density at radius 3 is 2.28 bits per heavy atom. The molecule has 0 spiro atoms. The monoisotopic (exact) mass is 608 g/mol. The molecule has 5 aromatic rings. The third-order valence-corrected chi connectivity index (χ3v) is 9.20. The van der Waals surface area contributed by atoms with Crippen LogP contribution in [0.5, 0.6) is 0 Å². The van der Waals surface area contributed by atoms with Crippen molar-refractivity contribution in [3.8, 4) is 0 Å². The molecule has 0 bridgehead atoms. The van der Waals surface area contributed by atoms with Crippen molar-refractivity contribution in [1.82, 2.24) is 10.2 Å². The van der Waals surface area contributed by atoms with Gasteiger partial charge in [0.25, 0.3) is 0 Å². The minimum atomic E-state index is -1.18. The molecule has 43 heavy (non-hydrogen) atoms. The van der Waals surface area contributed by atoms with Crippen LogP contribution in [-0.4, -0.2) is 36.2 Å². The molecular weight excluding hydrogens is 570 g/mol. The van der Waals surface area contributed by atoms with E-state index in [1.165, 1.54) is 17.7 Å². The summed E-state index contributed by atoms with van der Waals surface area (Å²) in [5.41, 5.74) is 2.69. The van der Waals surface area contributed by atoms with Crippen molar-refractivity contribution >= 4 is 34.3 Å². The number of hydrogen-bond acceptors (Lipinski definition) is 5. The molecule has 4 unspecified atom stereocenters. The smallest absolute Gasteiger partial charge is 0.134 e. The zero-order valence-electron chi connectivity index (χ0n) is 24.6. The van der Waals surface area contributed by atoms with Crippen LogP contribution in [0.3, 0.4) is 0 Å². The normalized spacial score (nSPS) is 24.3. The summed E-state index contributed by atoms with van der Waals surface area (Å²) in [5, 5.41) is 16.3. The van der Waals surface area contributed by atoms with Gasteiger partial charge in [-0.15, -0.1) is 12.4 Å². The highest BCUT2D eigenvalue weighted by atomic mass is 35.5. The van der Waals surface area contributed by atoms with Gasteiger partial charge in [-0.2, -0.15) is 0 Å². The first-order valence-corrected chi connectivity index (χ1v) is 14.9. The first kappa shape index (κ1) is 31.2. The molecule has 5 nitrogen and oxygen atoms in total. The first-order chi connectivity index (χ1) is 20.3. The number of rotatable bonds is 4. The second kappa shape index (κ2) is 13.2. The highest BCUT2D eigenvalue weighted by Crippen LogP contribution is 2.42. The first-order valence-electron chi connectivity index (χ1n) is 14.9. The summed E-state index contributed by atoms with van der Waals surface area (Å²) in [5.74, 6) is 0.202. The lowest BCUT2D eigenvalue weighted by atomic mass is 9.75. The highest BCUT2D eigenvalue weighted by Gasteiger charge is 2.43. The van der Waals surface area contributed by atoms with Gasteiger partial charge in [-0.1, -0.05) is 44.2 Å². The summed E-state index contributed by atoms with van der Waals surface area (Å²) in [7, 11) is 0. The lowest BCUT2D eigenvalue weighted by Gasteiger charge is -2.44. The molecule has 228 valence electrons. The Labute approximate surface area is 257 Å². The second-order valence-corrected chi connectivity index (χ2v) is 11.9. The van der Waals surface area contributed by atoms with Crippen LogP contribution in [0.4, 0.5) is 8.78 Å². The highest BCUT2D eigenvalue weighted by molar-refractivity contribution is 5.85. The number of benzene rings is 3. The number of fused-ring (bicyclic) bond motifs is 2. The van der Waals surface area contributed by atoms with Crippen molar-refractivity contribution in [2.45, 2.75) is 44.8 Å². The number of likely N-dealkylation sites (tertiary alicyclic amines) is 1. The van der Waals surface area contributed by atoms with Crippen LogP contribution in [-0.2, 0) is 12.1 Å². The summed E-state index contributed by atoms with van der Waals surface area (Å²) in [6.45, 7) is 8.38. The number of piperidine rings is 2. The number of nitrogens with zero attached hydrogens (tertiary/aromatic N) is 1. The second-order valence-electron chi connectivity index (χ2n) is 11.9. The summed E-state index contributed by atoms with van der Waals surface area (Å²) < 4.78 is 39.5. The summed E-state index contributed by atoms with van der Waals surface area (Å²) >= 11 is 0. The fraction of sp³-hybridized carbons (Fsp3) is 0.371. The number of furan rings is 2. The van der Waals surface area contributed by atoms with Crippen LogP contribution in [0.25, 0.3) is 21.9 Å². The van der Waals surface area contributed by atoms with Crippen LogP contribution in [0.1, 0.15) is 49.3 Å². The van der Waals surface area contributed by atoms with Crippen molar-refractivity contribution in [2.24, 2.45) is 11.8 Å². The van der Waals surface area contributed by atoms with Crippen LogP contribution >= 0.6 is 12.4 Å². The standard InChI is InChI=1S/C21H22FNO2.C14H16FNO.ClH/c1-15-13-23(14-16-5-3-2-4-6-16)11-10-21(15,24)20-17-9-12-25-19(17)8-7-18(20)22;1-9-8-16-6-4-10(9)14-11-5-7-17-13(11)3-2-12(14)15;/h2-9,12,15,24H,10-11,13-14H2,1H3;2-3,5,7,9-10,16H,4,6,8H2,1H3;1H. The zero-order chi connectivity index (χ0) is 29.3. The van der Waals surface area contributed by atoms with E-state index in [1.54, 1.807) is 30.7 Å². The quantitative estimate of drug-likeness (QED) is 0.216. The van der Waals surface area contributed by atoms with E-state index in [0.29, 0.717) is 28.9 Å². The van der Waals surface area contributed by atoms with E-state index in [-0.39, 0.29) is 35.9 Å². The largest absolute Gasteiger partial charge is 0.464 e. The van der Waals surface area contributed by atoms with Crippen molar-refractivity contribution in [1.29, 1.82) is 0 Å². The van der Waals surface area contributed by atoms with Gasteiger partial charge in [0.15, 0.2) is 0 Å². The molecule has 2 aliphatic rings. The average Bonchev–Trinajstić information content (AvgIpc) is 3.66. The maximum Gasteiger partial charge on any atom is 0.134 e. The van der Waals surface area contributed by atoms with Crippen LogP contribution < -0.4 is 5.32 Å². The van der Waals surface area contributed by atoms with Crippen molar-refractivity contribution in [2.75, 3.05) is 26.2 Å². The molecule has 8 heteroatoms. The molecule has 2 aromatic heterocycles. The fourth-order valence-electron chi connectivity index (χ4n) is 6.88. The molecule has 2 aliphatic heterocycles. The SMILES string of the molecule is CC1CN(Cc2ccccc2)CCC1(O)c1c(F)ccc2occc12.CC1CNCCC1c1c(F)ccc2occc12.Cl. The Morgan fingerprint density at radius 1 is 0.907 bits per heavy atom. The van der Waals surface area contributed by atoms with Gasteiger partial charge < -0.3 is 19.3 Å². The van der Waals surface area contributed by atoms with Gasteiger partial charge in [0.1, 0.15) is 22.8 Å². The summed E-state index contributed by atoms with van der Waals surface area (Å²) in [6, 6.07) is 20.2. The lowest BCUT2D eigenvalue weighted by molar-refractivity contribution is -0.0739. The Bertz CT molecular complexity index is 1660. The minimum Gasteiger partial charge on any atom is -0.464 e. The van der Waals surface area contributed by atoms with E-state index < -0.39 is 5.60 Å². The van der Waals surface area contributed by atoms with E-state index in [2.05, 4.69) is 29.3 Å². The molecule has 0 aliphatic carbocycles. The van der Waals surface area contributed by atoms with Gasteiger partial charge in [-0.05, 0) is 79.7 Å². The molecule has 7 rings (SSSR count). The predicted molar refractivity (Wildman–Crippen MR) is 168 cm³/mol. The van der Waals surface area contributed by atoms with E-state index in [9.17, 15) is 13.9 Å². The van der Waals surface area contributed by atoms with E-state index in [0.717, 1.165) is 55.7 Å². The van der Waals surface area contributed by atoms with E-state index >= 15 is 0 Å². The van der Waals surface area contributed by atoms with Crippen LogP contribution in [0, 0.1) is 23.5 Å². The van der Waals surface area contributed by atoms with Crippen LogP contribution in [0.2, 0.25) is 0 Å². The van der Waals surface area contributed by atoms with E-state index in [4.69, 9.17) is 8.83 Å². The van der Waals surface area contributed by atoms with Crippen molar-refractivity contribution in [3.63, 3.8) is 0 Å². The molecule has 3 aromatic carbocycles. The molecule has 4 heterocycles. The van der Waals surface area contributed by atoms with Gasteiger partial charge in [-0.25, -0.2) is 8.78 Å². The average molecular weight is 609 g/mol. The maximum absolute atomic E-state index is 14.6. The molecule has 2 N–H and O–H groups in total. The molecule has 0 saturated carbocycles. The maximum atomic E-state index is 14.6. The minimum absolute atomic E-state index is 0. The van der Waals surface area contributed by atoms with Gasteiger partial charge in [0.2, 0.25) is 0 Å². The zero-order valence-corrected chi connectivity index (χ0v) is 25.4. The molecular formula is C35H39ClF2N2O3. The van der Waals surface area contributed by atoms with Crippen LogP contribution in [0.15, 0.2) is 88.1 Å². The number of nitrogens with one attached hydrogen (secondary N) is 1. The summed E-state index contributed by atoms with van der Waals surface area (Å²) in [6.07, 6.45) is 4.68. The predicted octanol–water partition coefficient (Wildman–Crippen LogP) is 8.01. The Morgan fingerprint density at radius 2 is 1.58 bits per heavy atom. The molecule has 2 saturated heterocycles. The van der Waals surface area contributed by atoms with Gasteiger partial charge in [0, 0.05) is 47.5 Å². The lowest BCUT2D eigenvalue weighted by Crippen LogP contribution is -2.49. The number of aliphatic hydroxyl groups is 1. The van der Waals surface area contributed by atoms with Crippen molar-refractivity contribution in [3.05, 3.63) is 108 Å². The van der Waals surface area contributed by atoms with Gasteiger partial charge in [0.05, 0.1) is 18.1 Å². The van der Waals surface area contributed by atoms with Crippen molar-refractivity contribution < 1.29 is 22.7 Å². The molecule has 2 fully saturated rings. The van der Waals surface area contributed by atoms with Gasteiger partial charge >= 0.3 is 0 Å². The fourth-order valence-corrected chi connectivity index (χ4v) is 6.88. The third kappa shape index (κ3) is 6.22. The number of hydrogen-bond donors (Lipinski definition) is 2. The Kier molecular flexibility index (Phi) is 9.57. The third-order valence-electron chi connectivity index (χ3n) is 9.20. The Hall–Kier alpha value is -3.23. The molecule has 0 amide bonds. The Balaban J connectivity index is 0.000000179. The van der Waals surface area contributed by atoms with Gasteiger partial charge in [-0.3, -0.25) is 4.90 Å².